The molecule has 2 fully saturated rings. The average molecular weight is 312 g/mol. The van der Waals surface area contributed by atoms with Crippen LogP contribution in [-0.4, -0.2) is 72.5 Å². The van der Waals surface area contributed by atoms with Gasteiger partial charge in [0.1, 0.15) is 0 Å². The highest BCUT2D eigenvalue weighted by atomic mass is 16.5. The summed E-state index contributed by atoms with van der Waals surface area (Å²) in [6.45, 7) is 12.5. The summed E-state index contributed by atoms with van der Waals surface area (Å²) in [5.74, 6) is 0.851. The molecule has 1 N–H and O–H groups in total. The van der Waals surface area contributed by atoms with Gasteiger partial charge in [0.15, 0.2) is 0 Å². The third-order valence-electron chi connectivity index (χ3n) is 5.23. The summed E-state index contributed by atoms with van der Waals surface area (Å²) in [4.78, 5) is 4.83. The fraction of sp³-hybridized carbons (Fsp3) is 1.00. The van der Waals surface area contributed by atoms with Crippen LogP contribution in [0.4, 0.5) is 0 Å². The minimum absolute atomic E-state index is 0.251. The number of β-amino-alcohol motifs (C(OH)–C–C–N with tert-alkyl or cyclic N) is 1. The molecular weight excluding hydrogens is 276 g/mol. The van der Waals surface area contributed by atoms with Crippen LogP contribution in [0.1, 0.15) is 52.9 Å². The monoisotopic (exact) mass is 312 g/mol. The van der Waals surface area contributed by atoms with Gasteiger partial charge in [-0.2, -0.15) is 0 Å². The largest absolute Gasteiger partial charge is 0.390 e. The Balaban J connectivity index is 1.74. The van der Waals surface area contributed by atoms with Crippen molar-refractivity contribution in [3.63, 3.8) is 0 Å². The Kier molecular flexibility index (Phi) is 7.61. The second kappa shape index (κ2) is 9.21. The lowest BCUT2D eigenvalue weighted by Gasteiger charge is -2.36. The summed E-state index contributed by atoms with van der Waals surface area (Å²) in [7, 11) is 0. The summed E-state index contributed by atoms with van der Waals surface area (Å²) < 4.78 is 5.87. The molecule has 2 aliphatic heterocycles. The van der Waals surface area contributed by atoms with Crippen molar-refractivity contribution in [2.75, 3.05) is 39.3 Å². The molecule has 2 rings (SSSR count). The first-order chi connectivity index (χ1) is 10.5. The molecule has 0 bridgehead atoms. The van der Waals surface area contributed by atoms with Crippen LogP contribution in [0, 0.1) is 5.92 Å². The molecule has 0 saturated carbocycles. The van der Waals surface area contributed by atoms with Gasteiger partial charge in [-0.3, -0.25) is 4.90 Å². The van der Waals surface area contributed by atoms with E-state index in [0.29, 0.717) is 12.1 Å². The molecular formula is C18H36N2O2. The van der Waals surface area contributed by atoms with Gasteiger partial charge >= 0.3 is 0 Å². The minimum Gasteiger partial charge on any atom is -0.390 e. The molecule has 0 spiro atoms. The Bertz CT molecular complexity index is 297. The van der Waals surface area contributed by atoms with Gasteiger partial charge < -0.3 is 14.7 Å². The number of aliphatic hydroxyl groups excluding tert-OH is 1. The van der Waals surface area contributed by atoms with E-state index in [1.807, 2.05) is 0 Å². The highest BCUT2D eigenvalue weighted by Gasteiger charge is 2.23. The number of rotatable bonds is 7. The van der Waals surface area contributed by atoms with Crippen molar-refractivity contribution in [2.24, 2.45) is 5.92 Å². The second-order valence-electron chi connectivity index (χ2n) is 7.67. The van der Waals surface area contributed by atoms with E-state index in [1.54, 1.807) is 0 Å². The lowest BCUT2D eigenvalue weighted by molar-refractivity contribution is -0.0236. The van der Waals surface area contributed by atoms with Gasteiger partial charge in [0.2, 0.25) is 0 Å². The molecule has 4 heteroatoms. The third kappa shape index (κ3) is 6.15. The van der Waals surface area contributed by atoms with E-state index in [9.17, 15) is 5.11 Å². The fourth-order valence-electron chi connectivity index (χ4n) is 3.58. The quantitative estimate of drug-likeness (QED) is 0.783. The molecule has 130 valence electrons. The topological polar surface area (TPSA) is 35.9 Å². The Hall–Kier alpha value is -0.160. The van der Waals surface area contributed by atoms with Crippen molar-refractivity contribution in [3.05, 3.63) is 0 Å². The van der Waals surface area contributed by atoms with Crippen molar-refractivity contribution < 1.29 is 9.84 Å². The van der Waals surface area contributed by atoms with Gasteiger partial charge in [-0.05, 0) is 65.0 Å². The minimum atomic E-state index is -0.251. The molecule has 2 aliphatic rings. The predicted molar refractivity (Wildman–Crippen MR) is 91.1 cm³/mol. The van der Waals surface area contributed by atoms with E-state index < -0.39 is 0 Å². The van der Waals surface area contributed by atoms with Gasteiger partial charge in [0, 0.05) is 32.3 Å². The highest BCUT2D eigenvalue weighted by Crippen LogP contribution is 2.17. The summed E-state index contributed by atoms with van der Waals surface area (Å²) >= 11 is 0. The van der Waals surface area contributed by atoms with Crippen molar-refractivity contribution >= 4 is 0 Å². The van der Waals surface area contributed by atoms with E-state index in [-0.39, 0.29) is 6.10 Å². The van der Waals surface area contributed by atoms with Crippen LogP contribution in [-0.2, 0) is 4.74 Å². The molecule has 2 unspecified atom stereocenters. The van der Waals surface area contributed by atoms with E-state index in [4.69, 9.17) is 4.74 Å². The van der Waals surface area contributed by atoms with Crippen molar-refractivity contribution in [3.8, 4) is 0 Å². The van der Waals surface area contributed by atoms with Gasteiger partial charge in [-0.15, -0.1) is 0 Å². The summed E-state index contributed by atoms with van der Waals surface area (Å²) in [5, 5.41) is 10.5. The van der Waals surface area contributed by atoms with Crippen LogP contribution in [0.25, 0.3) is 0 Å². The summed E-state index contributed by atoms with van der Waals surface area (Å²) in [6, 6.07) is 0.460. The number of aliphatic hydroxyl groups is 1. The van der Waals surface area contributed by atoms with Crippen LogP contribution < -0.4 is 0 Å². The first-order valence-electron chi connectivity index (χ1n) is 9.30. The molecule has 0 aromatic heterocycles. The number of piperidine rings is 1. The number of likely N-dealkylation sites (tertiary alicyclic amines) is 1. The molecule has 0 aliphatic carbocycles. The number of ether oxygens (including phenoxy) is 1. The van der Waals surface area contributed by atoms with E-state index in [0.717, 1.165) is 45.2 Å². The zero-order valence-electron chi connectivity index (χ0n) is 14.8. The van der Waals surface area contributed by atoms with Crippen LogP contribution in [0.2, 0.25) is 0 Å². The first-order valence-corrected chi connectivity index (χ1v) is 9.30. The zero-order chi connectivity index (χ0) is 15.9. The molecule has 2 atom stereocenters. The Labute approximate surface area is 136 Å². The maximum atomic E-state index is 10.5. The zero-order valence-corrected chi connectivity index (χ0v) is 14.8. The SMILES string of the molecule is CC1CCN(CC(O)CN(CC2CCCCO2)C(C)C)CC1. The predicted octanol–water partition coefficient (Wildman–Crippen LogP) is 2.36. The number of hydrogen-bond acceptors (Lipinski definition) is 4. The number of hydrogen-bond donors (Lipinski definition) is 1. The lowest BCUT2D eigenvalue weighted by atomic mass is 9.99. The van der Waals surface area contributed by atoms with E-state index in [1.165, 1.54) is 32.1 Å². The Morgan fingerprint density at radius 3 is 2.50 bits per heavy atom. The van der Waals surface area contributed by atoms with E-state index >= 15 is 0 Å². The average Bonchev–Trinajstić information content (AvgIpc) is 2.50. The van der Waals surface area contributed by atoms with Crippen molar-refractivity contribution in [1.29, 1.82) is 0 Å². The third-order valence-corrected chi connectivity index (χ3v) is 5.23. The molecule has 0 aromatic rings. The first kappa shape index (κ1) is 18.2. The molecule has 22 heavy (non-hydrogen) atoms. The van der Waals surface area contributed by atoms with Gasteiger partial charge in [-0.1, -0.05) is 6.92 Å². The normalized spacial score (nSPS) is 26.7. The maximum absolute atomic E-state index is 10.5. The molecule has 0 radical (unpaired) electrons. The second-order valence-corrected chi connectivity index (χ2v) is 7.67. The molecule has 0 amide bonds. The van der Waals surface area contributed by atoms with Crippen LogP contribution in [0.3, 0.4) is 0 Å². The fourth-order valence-corrected chi connectivity index (χ4v) is 3.58. The van der Waals surface area contributed by atoms with Crippen LogP contribution >= 0.6 is 0 Å². The molecule has 2 heterocycles. The molecule has 0 aromatic carbocycles. The smallest absolute Gasteiger partial charge is 0.0793 e. The van der Waals surface area contributed by atoms with E-state index in [2.05, 4.69) is 30.6 Å². The molecule has 2 saturated heterocycles. The Morgan fingerprint density at radius 2 is 1.91 bits per heavy atom. The lowest BCUT2D eigenvalue weighted by Crippen LogP contribution is -2.47. The van der Waals surface area contributed by atoms with Crippen LogP contribution in [0.15, 0.2) is 0 Å². The maximum Gasteiger partial charge on any atom is 0.0793 e. The number of nitrogens with zero attached hydrogens (tertiary/aromatic N) is 2. The highest BCUT2D eigenvalue weighted by molar-refractivity contribution is 4.78. The standard InChI is InChI=1S/C18H36N2O2/c1-15(2)20(14-18-6-4-5-11-22-18)13-17(21)12-19-9-7-16(3)8-10-19/h15-18,21H,4-14H2,1-3H3. The van der Waals surface area contributed by atoms with Crippen molar-refractivity contribution in [1.82, 2.24) is 9.80 Å². The summed E-state index contributed by atoms with van der Waals surface area (Å²) in [5.41, 5.74) is 0. The van der Waals surface area contributed by atoms with Gasteiger partial charge in [0.25, 0.3) is 0 Å². The van der Waals surface area contributed by atoms with Crippen LogP contribution in [0.5, 0.6) is 0 Å². The van der Waals surface area contributed by atoms with Gasteiger partial charge in [0.05, 0.1) is 12.2 Å². The summed E-state index contributed by atoms with van der Waals surface area (Å²) in [6.07, 6.45) is 6.31. The Morgan fingerprint density at radius 1 is 1.18 bits per heavy atom. The van der Waals surface area contributed by atoms with Crippen molar-refractivity contribution in [2.45, 2.75) is 71.1 Å². The molecule has 4 nitrogen and oxygen atoms in total. The van der Waals surface area contributed by atoms with Gasteiger partial charge in [-0.25, -0.2) is 0 Å².